The van der Waals surface area contributed by atoms with Crippen molar-refractivity contribution >= 4 is 23.3 Å². The van der Waals surface area contributed by atoms with Gasteiger partial charge in [0, 0.05) is 17.5 Å². The van der Waals surface area contributed by atoms with Crippen LogP contribution in [0.25, 0.3) is 22.3 Å². The smallest absolute Gasteiger partial charge is 0.175 e. The fourth-order valence-electron chi connectivity index (χ4n) is 1.71. The minimum Gasteiger partial charge on any atom is -0.361 e. The summed E-state index contributed by atoms with van der Waals surface area (Å²) in [6.45, 7) is 0. The minimum absolute atomic E-state index is 0.661. The Morgan fingerprint density at radius 1 is 1.00 bits per heavy atom. The molecule has 3 aromatic rings. The molecule has 0 unspecified atom stereocenters. The van der Waals surface area contributed by atoms with Gasteiger partial charge in [0.1, 0.15) is 0 Å². The number of rotatable bonds is 1. The van der Waals surface area contributed by atoms with Crippen molar-refractivity contribution in [3.63, 3.8) is 0 Å². The van der Waals surface area contributed by atoms with E-state index in [2.05, 4.69) is 27.1 Å². The maximum Gasteiger partial charge on any atom is 0.175 e. The zero-order valence-electron chi connectivity index (χ0n) is 7.87. The van der Waals surface area contributed by atoms with Gasteiger partial charge in [-0.05, 0) is 36.5 Å². The average Bonchev–Trinajstić information content (AvgIpc) is 2.82. The highest BCUT2D eigenvalue weighted by Crippen LogP contribution is 2.21. The molecule has 0 saturated carbocycles. The summed E-state index contributed by atoms with van der Waals surface area (Å²) in [5.41, 5.74) is 4.33. The number of H-pyrrole nitrogens is 3. The van der Waals surface area contributed by atoms with Gasteiger partial charge in [0.25, 0.3) is 0 Å². The van der Waals surface area contributed by atoms with Crippen LogP contribution < -0.4 is 0 Å². The lowest BCUT2D eigenvalue weighted by Gasteiger charge is -1.97. The number of fused-ring (bicyclic) bond motifs is 1. The van der Waals surface area contributed by atoms with E-state index < -0.39 is 0 Å². The zero-order chi connectivity index (χ0) is 10.3. The van der Waals surface area contributed by atoms with Gasteiger partial charge in [0.15, 0.2) is 4.77 Å². The number of hydrogen-bond donors (Lipinski definition) is 3. The summed E-state index contributed by atoms with van der Waals surface area (Å²) in [7, 11) is 0. The van der Waals surface area contributed by atoms with Crippen LogP contribution in [0.15, 0.2) is 36.5 Å². The van der Waals surface area contributed by atoms with Crippen LogP contribution in [0.5, 0.6) is 0 Å². The number of aromatic nitrogens is 3. The van der Waals surface area contributed by atoms with Gasteiger partial charge in [-0.25, -0.2) is 0 Å². The standard InChI is InChI=1S/C11H9N3S/c15-11-13-9-4-3-7(6-10(9)14-11)8-2-1-5-12-8/h1-6,12H,(H2,13,14,15). The van der Waals surface area contributed by atoms with Crippen molar-refractivity contribution in [3.8, 4) is 11.3 Å². The number of benzene rings is 1. The van der Waals surface area contributed by atoms with Gasteiger partial charge < -0.3 is 15.0 Å². The highest BCUT2D eigenvalue weighted by Gasteiger charge is 2.00. The first-order chi connectivity index (χ1) is 7.33. The Bertz CT molecular complexity index is 646. The highest BCUT2D eigenvalue weighted by atomic mass is 32.1. The molecule has 4 heteroatoms. The van der Waals surface area contributed by atoms with Crippen LogP contribution >= 0.6 is 12.2 Å². The zero-order valence-corrected chi connectivity index (χ0v) is 8.69. The predicted molar refractivity (Wildman–Crippen MR) is 63.3 cm³/mol. The van der Waals surface area contributed by atoms with Crippen LogP contribution in [0, 0.1) is 4.77 Å². The number of nitrogens with one attached hydrogen (secondary N) is 3. The maximum absolute atomic E-state index is 5.04. The van der Waals surface area contributed by atoms with Crippen LogP contribution in [0.3, 0.4) is 0 Å². The average molecular weight is 215 g/mol. The molecule has 0 aliphatic heterocycles. The number of imidazole rings is 1. The Labute approximate surface area is 91.2 Å². The summed E-state index contributed by atoms with van der Waals surface area (Å²) >= 11 is 5.04. The summed E-state index contributed by atoms with van der Waals surface area (Å²) in [5, 5.41) is 0. The first kappa shape index (κ1) is 8.49. The molecular weight excluding hydrogens is 206 g/mol. The molecule has 0 radical (unpaired) electrons. The van der Waals surface area contributed by atoms with Gasteiger partial charge in [-0.3, -0.25) is 0 Å². The van der Waals surface area contributed by atoms with Gasteiger partial charge >= 0.3 is 0 Å². The molecule has 0 aliphatic carbocycles. The van der Waals surface area contributed by atoms with Gasteiger partial charge in [-0.2, -0.15) is 0 Å². The molecule has 0 saturated heterocycles. The summed E-state index contributed by atoms with van der Waals surface area (Å²) in [5.74, 6) is 0. The number of aromatic amines is 3. The van der Waals surface area contributed by atoms with Crippen molar-refractivity contribution < 1.29 is 0 Å². The molecule has 0 spiro atoms. The van der Waals surface area contributed by atoms with Crippen molar-refractivity contribution in [2.45, 2.75) is 0 Å². The molecule has 0 atom stereocenters. The van der Waals surface area contributed by atoms with Crippen molar-refractivity contribution in [2.75, 3.05) is 0 Å². The van der Waals surface area contributed by atoms with E-state index in [1.54, 1.807) is 0 Å². The molecule has 0 aliphatic rings. The molecule has 0 bridgehead atoms. The molecule has 3 N–H and O–H groups in total. The number of hydrogen-bond acceptors (Lipinski definition) is 1. The van der Waals surface area contributed by atoms with Crippen LogP contribution in [-0.2, 0) is 0 Å². The lowest BCUT2D eigenvalue weighted by atomic mass is 10.1. The van der Waals surface area contributed by atoms with Crippen molar-refractivity contribution in [1.29, 1.82) is 0 Å². The highest BCUT2D eigenvalue weighted by molar-refractivity contribution is 7.71. The first-order valence-electron chi connectivity index (χ1n) is 4.69. The second-order valence-corrected chi connectivity index (χ2v) is 3.83. The maximum atomic E-state index is 5.04. The third-order valence-corrected chi connectivity index (χ3v) is 2.63. The molecule has 2 aromatic heterocycles. The second kappa shape index (κ2) is 3.10. The second-order valence-electron chi connectivity index (χ2n) is 3.42. The molecular formula is C11H9N3S. The van der Waals surface area contributed by atoms with E-state index in [9.17, 15) is 0 Å². The topological polar surface area (TPSA) is 47.4 Å². The van der Waals surface area contributed by atoms with E-state index in [-0.39, 0.29) is 0 Å². The Morgan fingerprint density at radius 2 is 1.87 bits per heavy atom. The largest absolute Gasteiger partial charge is 0.361 e. The fourth-order valence-corrected chi connectivity index (χ4v) is 1.93. The summed E-state index contributed by atoms with van der Waals surface area (Å²) in [4.78, 5) is 9.36. The molecule has 74 valence electrons. The van der Waals surface area contributed by atoms with Gasteiger partial charge in [0.2, 0.25) is 0 Å². The lowest BCUT2D eigenvalue weighted by molar-refractivity contribution is 1.30. The third-order valence-electron chi connectivity index (χ3n) is 2.42. The monoisotopic (exact) mass is 215 g/mol. The quantitative estimate of drug-likeness (QED) is 0.536. The van der Waals surface area contributed by atoms with E-state index in [0.29, 0.717) is 4.77 Å². The molecule has 3 rings (SSSR count). The van der Waals surface area contributed by atoms with Crippen molar-refractivity contribution in [3.05, 3.63) is 41.3 Å². The molecule has 1 aromatic carbocycles. The van der Waals surface area contributed by atoms with E-state index in [0.717, 1.165) is 22.3 Å². The first-order valence-corrected chi connectivity index (χ1v) is 5.09. The van der Waals surface area contributed by atoms with Gasteiger partial charge in [-0.1, -0.05) is 6.07 Å². The SMILES string of the molecule is S=c1[nH]c2ccc(-c3ccc[nH]3)cc2[nH]1. The fraction of sp³-hybridized carbons (Fsp3) is 0. The van der Waals surface area contributed by atoms with E-state index in [1.807, 2.05) is 24.4 Å². The van der Waals surface area contributed by atoms with E-state index in [1.165, 1.54) is 0 Å². The van der Waals surface area contributed by atoms with E-state index in [4.69, 9.17) is 12.2 Å². The molecule has 0 amide bonds. The normalized spacial score (nSPS) is 10.9. The summed E-state index contributed by atoms with van der Waals surface area (Å²) in [6.07, 6.45) is 1.92. The van der Waals surface area contributed by atoms with Crippen LogP contribution in [-0.4, -0.2) is 15.0 Å². The Kier molecular flexibility index (Phi) is 1.76. The van der Waals surface area contributed by atoms with Crippen LogP contribution in [0.1, 0.15) is 0 Å². The minimum atomic E-state index is 0.661. The predicted octanol–water partition coefficient (Wildman–Crippen LogP) is 3.22. The summed E-state index contributed by atoms with van der Waals surface area (Å²) in [6, 6.07) is 10.2. The van der Waals surface area contributed by atoms with Crippen molar-refractivity contribution in [2.24, 2.45) is 0 Å². The van der Waals surface area contributed by atoms with Gasteiger partial charge in [-0.15, -0.1) is 0 Å². The van der Waals surface area contributed by atoms with Crippen molar-refractivity contribution in [1.82, 2.24) is 15.0 Å². The molecule has 0 fully saturated rings. The van der Waals surface area contributed by atoms with Crippen LogP contribution in [0.4, 0.5) is 0 Å². The molecule has 2 heterocycles. The summed E-state index contributed by atoms with van der Waals surface area (Å²) < 4.78 is 0.661. The Hall–Kier alpha value is -1.81. The Balaban J connectivity index is 2.26. The van der Waals surface area contributed by atoms with E-state index >= 15 is 0 Å². The van der Waals surface area contributed by atoms with Crippen LogP contribution in [0.2, 0.25) is 0 Å². The lowest BCUT2D eigenvalue weighted by Crippen LogP contribution is -1.77. The molecule has 15 heavy (non-hydrogen) atoms. The molecule has 3 nitrogen and oxygen atoms in total. The Morgan fingerprint density at radius 3 is 2.67 bits per heavy atom. The van der Waals surface area contributed by atoms with Gasteiger partial charge in [0.05, 0.1) is 11.0 Å². The third kappa shape index (κ3) is 1.39.